The molecule has 1 saturated heterocycles. The lowest BCUT2D eigenvalue weighted by Gasteiger charge is -2.31. The van der Waals surface area contributed by atoms with Gasteiger partial charge < -0.3 is 14.7 Å². The molecule has 1 amide bonds. The summed E-state index contributed by atoms with van der Waals surface area (Å²) in [6.07, 6.45) is -2.05. The number of aliphatic carboxylic acids is 1. The van der Waals surface area contributed by atoms with E-state index in [9.17, 15) is 14.0 Å². The van der Waals surface area contributed by atoms with Gasteiger partial charge in [-0.15, -0.1) is 0 Å². The third-order valence-electron chi connectivity index (χ3n) is 3.32. The third-order valence-corrected chi connectivity index (χ3v) is 3.32. The van der Waals surface area contributed by atoms with E-state index >= 15 is 0 Å². The fourth-order valence-corrected chi connectivity index (χ4v) is 2.16. The smallest absolute Gasteiger partial charge is 0.410 e. The van der Waals surface area contributed by atoms with Gasteiger partial charge >= 0.3 is 12.1 Å². The van der Waals surface area contributed by atoms with Crippen molar-refractivity contribution >= 4 is 12.1 Å². The summed E-state index contributed by atoms with van der Waals surface area (Å²) < 4.78 is 18.7. The number of carbonyl (C=O) groups excluding carboxylic acids is 1. The molecule has 0 spiro atoms. The molecule has 2 atom stereocenters. The van der Waals surface area contributed by atoms with Gasteiger partial charge in [0.15, 0.2) is 0 Å². The second kappa shape index (κ2) is 6.36. The van der Waals surface area contributed by atoms with Crippen molar-refractivity contribution in [3.63, 3.8) is 0 Å². The van der Waals surface area contributed by atoms with Gasteiger partial charge in [-0.1, -0.05) is 30.3 Å². The number of benzene rings is 1. The molecular weight excluding hydrogens is 265 g/mol. The lowest BCUT2D eigenvalue weighted by Crippen LogP contribution is -2.47. The number of carboxylic acids is 1. The van der Waals surface area contributed by atoms with Crippen LogP contribution in [-0.2, 0) is 16.1 Å². The largest absolute Gasteiger partial charge is 0.481 e. The van der Waals surface area contributed by atoms with Crippen LogP contribution >= 0.6 is 0 Å². The molecule has 0 bridgehead atoms. The number of nitrogens with zero attached hydrogens (tertiary/aromatic N) is 1. The number of hydrogen-bond donors (Lipinski definition) is 1. The fraction of sp³-hybridized carbons (Fsp3) is 0.429. The van der Waals surface area contributed by atoms with Gasteiger partial charge in [0.2, 0.25) is 0 Å². The Balaban J connectivity index is 1.84. The molecule has 1 aromatic rings. The number of halogens is 1. The Hall–Kier alpha value is -2.11. The van der Waals surface area contributed by atoms with Crippen LogP contribution in [0.5, 0.6) is 0 Å². The van der Waals surface area contributed by atoms with Crippen molar-refractivity contribution in [1.29, 1.82) is 0 Å². The van der Waals surface area contributed by atoms with Crippen molar-refractivity contribution < 1.29 is 23.8 Å². The Morgan fingerprint density at radius 1 is 1.35 bits per heavy atom. The number of piperidine rings is 1. The molecule has 2 rings (SSSR count). The lowest BCUT2D eigenvalue weighted by atomic mass is 9.95. The molecule has 6 heteroatoms. The second-order valence-corrected chi connectivity index (χ2v) is 4.74. The van der Waals surface area contributed by atoms with Crippen molar-refractivity contribution in [2.24, 2.45) is 5.92 Å². The average molecular weight is 281 g/mol. The molecule has 0 aliphatic carbocycles. The van der Waals surface area contributed by atoms with Crippen LogP contribution in [-0.4, -0.2) is 41.3 Å². The fourth-order valence-electron chi connectivity index (χ4n) is 2.16. The van der Waals surface area contributed by atoms with E-state index in [-0.39, 0.29) is 26.1 Å². The van der Waals surface area contributed by atoms with E-state index in [0.29, 0.717) is 0 Å². The highest BCUT2D eigenvalue weighted by atomic mass is 19.1. The molecule has 1 fully saturated rings. The molecule has 108 valence electrons. The Kier molecular flexibility index (Phi) is 4.55. The van der Waals surface area contributed by atoms with Crippen LogP contribution in [0.1, 0.15) is 12.0 Å². The molecule has 0 unspecified atom stereocenters. The number of rotatable bonds is 3. The molecule has 0 saturated carbocycles. The summed E-state index contributed by atoms with van der Waals surface area (Å²) in [7, 11) is 0. The summed E-state index contributed by atoms with van der Waals surface area (Å²) >= 11 is 0. The van der Waals surface area contributed by atoms with Gasteiger partial charge in [-0.2, -0.15) is 0 Å². The number of alkyl halides is 1. The van der Waals surface area contributed by atoms with E-state index in [4.69, 9.17) is 9.84 Å². The number of hydrogen-bond acceptors (Lipinski definition) is 3. The summed E-state index contributed by atoms with van der Waals surface area (Å²) in [4.78, 5) is 23.8. The molecule has 1 aliphatic heterocycles. The van der Waals surface area contributed by atoms with Crippen LogP contribution in [0, 0.1) is 5.92 Å². The van der Waals surface area contributed by atoms with Crippen LogP contribution in [0.3, 0.4) is 0 Å². The second-order valence-electron chi connectivity index (χ2n) is 4.74. The van der Waals surface area contributed by atoms with Gasteiger partial charge in [0, 0.05) is 6.54 Å². The maximum absolute atomic E-state index is 13.6. The van der Waals surface area contributed by atoms with E-state index in [2.05, 4.69) is 0 Å². The molecule has 1 N–H and O–H groups in total. The van der Waals surface area contributed by atoms with E-state index in [0.717, 1.165) is 5.56 Å². The van der Waals surface area contributed by atoms with Gasteiger partial charge in [0.05, 0.1) is 12.5 Å². The summed E-state index contributed by atoms with van der Waals surface area (Å²) in [5.74, 6) is -2.19. The monoisotopic (exact) mass is 281 g/mol. The number of carboxylic acid groups (broad SMARTS) is 1. The number of carbonyl (C=O) groups is 2. The van der Waals surface area contributed by atoms with Crippen LogP contribution in [0.2, 0.25) is 0 Å². The van der Waals surface area contributed by atoms with E-state index in [1.807, 2.05) is 30.3 Å². The topological polar surface area (TPSA) is 66.8 Å². The molecule has 1 aliphatic rings. The number of likely N-dealkylation sites (tertiary alicyclic amines) is 1. The standard InChI is InChI=1S/C14H16FNO4/c15-12-8-16(7-6-11(12)13(17)18)14(19)20-9-10-4-2-1-3-5-10/h1-5,11-12H,6-9H2,(H,17,18)/t11-,12+/m1/s1. The average Bonchev–Trinajstić information content (AvgIpc) is 2.45. The predicted molar refractivity (Wildman–Crippen MR) is 68.8 cm³/mol. The molecule has 1 heterocycles. The SMILES string of the molecule is O=C(O)[C@@H]1CCN(C(=O)OCc2ccccc2)C[C@@H]1F. The summed E-state index contributed by atoms with van der Waals surface area (Å²) in [6.45, 7) is 0.0884. The normalized spacial score (nSPS) is 22.4. The third kappa shape index (κ3) is 3.46. The van der Waals surface area contributed by atoms with E-state index in [1.165, 1.54) is 4.90 Å². The van der Waals surface area contributed by atoms with Gasteiger partial charge in [-0.05, 0) is 12.0 Å². The number of ether oxygens (including phenoxy) is 1. The Morgan fingerprint density at radius 3 is 2.65 bits per heavy atom. The first-order valence-corrected chi connectivity index (χ1v) is 6.40. The van der Waals surface area contributed by atoms with E-state index < -0.39 is 24.2 Å². The quantitative estimate of drug-likeness (QED) is 0.921. The molecular formula is C14H16FNO4. The molecule has 1 aromatic carbocycles. The minimum atomic E-state index is -1.55. The van der Waals surface area contributed by atoms with Crippen molar-refractivity contribution in [1.82, 2.24) is 4.90 Å². The van der Waals surface area contributed by atoms with Crippen LogP contribution < -0.4 is 0 Å². The van der Waals surface area contributed by atoms with Crippen molar-refractivity contribution in [3.8, 4) is 0 Å². The first kappa shape index (κ1) is 14.3. The van der Waals surface area contributed by atoms with Crippen LogP contribution in [0.15, 0.2) is 30.3 Å². The highest BCUT2D eigenvalue weighted by Gasteiger charge is 2.36. The number of amides is 1. The van der Waals surface area contributed by atoms with Crippen LogP contribution in [0.25, 0.3) is 0 Å². The highest BCUT2D eigenvalue weighted by Crippen LogP contribution is 2.21. The molecule has 20 heavy (non-hydrogen) atoms. The van der Waals surface area contributed by atoms with Crippen LogP contribution in [0.4, 0.5) is 9.18 Å². The molecule has 0 radical (unpaired) electrons. The zero-order valence-corrected chi connectivity index (χ0v) is 10.9. The predicted octanol–water partition coefficient (Wildman–Crippen LogP) is 2.07. The minimum Gasteiger partial charge on any atom is -0.481 e. The zero-order chi connectivity index (χ0) is 14.5. The Labute approximate surface area is 116 Å². The summed E-state index contributed by atoms with van der Waals surface area (Å²) in [5.41, 5.74) is 0.845. The van der Waals surface area contributed by atoms with Gasteiger partial charge in [-0.3, -0.25) is 4.79 Å². The van der Waals surface area contributed by atoms with Gasteiger partial charge in [0.25, 0.3) is 0 Å². The maximum atomic E-state index is 13.6. The van der Waals surface area contributed by atoms with Gasteiger partial charge in [-0.25, -0.2) is 9.18 Å². The first-order chi connectivity index (χ1) is 9.58. The first-order valence-electron chi connectivity index (χ1n) is 6.40. The van der Waals surface area contributed by atoms with Crippen molar-refractivity contribution in [2.45, 2.75) is 19.2 Å². The lowest BCUT2D eigenvalue weighted by molar-refractivity contribution is -0.146. The zero-order valence-electron chi connectivity index (χ0n) is 10.9. The maximum Gasteiger partial charge on any atom is 0.410 e. The van der Waals surface area contributed by atoms with Crippen molar-refractivity contribution in [2.75, 3.05) is 13.1 Å². The molecule has 5 nitrogen and oxygen atoms in total. The van der Waals surface area contributed by atoms with Crippen molar-refractivity contribution in [3.05, 3.63) is 35.9 Å². The minimum absolute atomic E-state index is 0.108. The molecule has 0 aromatic heterocycles. The summed E-state index contributed by atoms with van der Waals surface area (Å²) in [6, 6.07) is 9.16. The summed E-state index contributed by atoms with van der Waals surface area (Å²) in [5, 5.41) is 8.81. The van der Waals surface area contributed by atoms with E-state index in [1.54, 1.807) is 0 Å². The Morgan fingerprint density at radius 2 is 2.05 bits per heavy atom. The highest BCUT2D eigenvalue weighted by molar-refractivity contribution is 5.72. The Bertz CT molecular complexity index is 479. The van der Waals surface area contributed by atoms with Gasteiger partial charge in [0.1, 0.15) is 12.8 Å².